The van der Waals surface area contributed by atoms with E-state index >= 15 is 0 Å². The molecular weight excluding hydrogens is 212 g/mol. The van der Waals surface area contributed by atoms with E-state index in [-0.39, 0.29) is 0 Å². The molecule has 0 saturated heterocycles. The molecule has 1 N–H and O–H groups in total. The Balaban J connectivity index is 2.31. The third-order valence-corrected chi connectivity index (χ3v) is 2.78. The average molecular weight is 224 g/mol. The fourth-order valence-corrected chi connectivity index (χ4v) is 2.00. The summed E-state index contributed by atoms with van der Waals surface area (Å²) in [6.45, 7) is 0. The van der Waals surface area contributed by atoms with Crippen molar-refractivity contribution in [3.8, 4) is 5.69 Å². The first-order valence-electron chi connectivity index (χ1n) is 5.44. The number of imidazole rings is 1. The van der Waals surface area contributed by atoms with Crippen molar-refractivity contribution in [2.75, 3.05) is 12.4 Å². The second-order valence-electron chi connectivity index (χ2n) is 3.74. The van der Waals surface area contributed by atoms with Gasteiger partial charge in [0.2, 0.25) is 5.95 Å². The molecule has 1 aromatic carbocycles. The molecule has 0 unspecified atom stereocenters. The Morgan fingerprint density at radius 3 is 3.00 bits per heavy atom. The zero-order valence-electron chi connectivity index (χ0n) is 9.46. The van der Waals surface area contributed by atoms with Gasteiger partial charge in [-0.2, -0.15) is 0 Å². The number of nitrogens with one attached hydrogen (secondary N) is 1. The first kappa shape index (κ1) is 9.84. The number of anilines is 1. The molecule has 0 amide bonds. The Bertz CT molecular complexity index is 652. The summed E-state index contributed by atoms with van der Waals surface area (Å²) < 4.78 is 2.03. The quantitative estimate of drug-likeness (QED) is 0.727. The van der Waals surface area contributed by atoms with Gasteiger partial charge in [-0.3, -0.25) is 9.55 Å². The highest BCUT2D eigenvalue weighted by atomic mass is 15.2. The molecule has 0 aliphatic carbocycles. The van der Waals surface area contributed by atoms with Crippen molar-refractivity contribution in [1.82, 2.24) is 14.5 Å². The van der Waals surface area contributed by atoms with Crippen LogP contribution in [-0.2, 0) is 0 Å². The lowest BCUT2D eigenvalue weighted by Crippen LogP contribution is -2.01. The minimum Gasteiger partial charge on any atom is -0.358 e. The fraction of sp³-hybridized carbons (Fsp3) is 0.0769. The van der Waals surface area contributed by atoms with Gasteiger partial charge in [0.15, 0.2) is 0 Å². The summed E-state index contributed by atoms with van der Waals surface area (Å²) in [5.74, 6) is 0.828. The predicted octanol–water partition coefficient (Wildman–Crippen LogP) is 2.46. The number of hydrogen-bond acceptors (Lipinski definition) is 3. The van der Waals surface area contributed by atoms with Crippen molar-refractivity contribution in [2.24, 2.45) is 0 Å². The third-order valence-electron chi connectivity index (χ3n) is 2.78. The number of benzene rings is 1. The summed E-state index contributed by atoms with van der Waals surface area (Å²) in [6, 6.07) is 8.18. The Morgan fingerprint density at radius 1 is 1.18 bits per heavy atom. The van der Waals surface area contributed by atoms with Crippen molar-refractivity contribution in [3.63, 3.8) is 0 Å². The molecule has 4 heteroatoms. The van der Waals surface area contributed by atoms with Crippen molar-refractivity contribution in [3.05, 3.63) is 49.1 Å². The van der Waals surface area contributed by atoms with Crippen LogP contribution in [-0.4, -0.2) is 21.6 Å². The Hall–Kier alpha value is -2.36. The molecule has 17 heavy (non-hydrogen) atoms. The van der Waals surface area contributed by atoms with Gasteiger partial charge in [-0.05, 0) is 12.1 Å². The predicted molar refractivity (Wildman–Crippen MR) is 68.4 cm³/mol. The van der Waals surface area contributed by atoms with Crippen molar-refractivity contribution in [2.45, 2.75) is 0 Å². The molecule has 0 radical (unpaired) electrons. The topological polar surface area (TPSA) is 42.7 Å². The van der Waals surface area contributed by atoms with E-state index in [9.17, 15) is 0 Å². The second-order valence-corrected chi connectivity index (χ2v) is 3.74. The summed E-state index contributed by atoms with van der Waals surface area (Å²) in [6.07, 6.45) is 7.41. The van der Waals surface area contributed by atoms with E-state index in [1.54, 1.807) is 6.20 Å². The standard InChI is InChI=1S/C13H12N4/c1-14-13-16-7-8-17(13)12-4-2-3-10-9-15-6-5-11(10)12/h2-9H,1H3,(H,14,16). The lowest BCUT2D eigenvalue weighted by atomic mass is 10.1. The molecule has 0 aliphatic heterocycles. The molecule has 0 aliphatic rings. The van der Waals surface area contributed by atoms with Crippen LogP contribution in [0, 0.1) is 0 Å². The molecular formula is C13H12N4. The Morgan fingerprint density at radius 2 is 2.12 bits per heavy atom. The van der Waals surface area contributed by atoms with Crippen LogP contribution >= 0.6 is 0 Å². The summed E-state index contributed by atoms with van der Waals surface area (Å²) in [5.41, 5.74) is 1.10. The van der Waals surface area contributed by atoms with Gasteiger partial charge in [0, 0.05) is 42.6 Å². The maximum Gasteiger partial charge on any atom is 0.207 e. The molecule has 0 spiro atoms. The normalized spacial score (nSPS) is 10.6. The van der Waals surface area contributed by atoms with Crippen LogP contribution in [0.25, 0.3) is 16.5 Å². The molecule has 2 aromatic heterocycles. The Kier molecular flexibility index (Phi) is 2.26. The first-order valence-corrected chi connectivity index (χ1v) is 5.44. The van der Waals surface area contributed by atoms with Gasteiger partial charge in [-0.1, -0.05) is 12.1 Å². The first-order chi connectivity index (χ1) is 8.40. The maximum atomic E-state index is 4.25. The lowest BCUT2D eigenvalue weighted by Gasteiger charge is -2.10. The lowest BCUT2D eigenvalue weighted by molar-refractivity contribution is 1.06. The molecule has 3 rings (SSSR count). The minimum atomic E-state index is 0.828. The molecule has 0 atom stereocenters. The summed E-state index contributed by atoms with van der Waals surface area (Å²) in [5, 5.41) is 5.36. The average Bonchev–Trinajstić information content (AvgIpc) is 2.86. The number of fused-ring (bicyclic) bond motifs is 1. The van der Waals surface area contributed by atoms with E-state index in [0.29, 0.717) is 0 Å². The summed E-state index contributed by atoms with van der Waals surface area (Å²) >= 11 is 0. The molecule has 2 heterocycles. The number of nitrogens with zero attached hydrogens (tertiary/aromatic N) is 3. The van der Waals surface area contributed by atoms with Gasteiger partial charge in [-0.25, -0.2) is 4.98 Å². The van der Waals surface area contributed by atoms with Gasteiger partial charge in [0.05, 0.1) is 5.69 Å². The molecule has 4 nitrogen and oxygen atoms in total. The third kappa shape index (κ3) is 1.54. The van der Waals surface area contributed by atoms with E-state index in [1.807, 2.05) is 42.3 Å². The number of hydrogen-bond donors (Lipinski definition) is 1. The molecule has 0 fully saturated rings. The van der Waals surface area contributed by atoms with Gasteiger partial charge in [0.1, 0.15) is 0 Å². The van der Waals surface area contributed by atoms with Crippen LogP contribution in [0.3, 0.4) is 0 Å². The van der Waals surface area contributed by atoms with Crippen LogP contribution in [0.5, 0.6) is 0 Å². The van der Waals surface area contributed by atoms with Gasteiger partial charge < -0.3 is 5.32 Å². The molecule has 84 valence electrons. The highest BCUT2D eigenvalue weighted by Gasteiger charge is 2.06. The number of rotatable bonds is 2. The van der Waals surface area contributed by atoms with Crippen molar-refractivity contribution < 1.29 is 0 Å². The summed E-state index contributed by atoms with van der Waals surface area (Å²) in [4.78, 5) is 8.39. The fourth-order valence-electron chi connectivity index (χ4n) is 2.00. The highest BCUT2D eigenvalue weighted by molar-refractivity contribution is 5.89. The summed E-state index contributed by atoms with van der Waals surface area (Å²) in [7, 11) is 1.87. The van der Waals surface area contributed by atoms with Gasteiger partial charge in [-0.15, -0.1) is 0 Å². The zero-order valence-corrected chi connectivity index (χ0v) is 9.46. The second kappa shape index (κ2) is 3.90. The Labute approximate surface area is 98.9 Å². The van der Waals surface area contributed by atoms with Crippen molar-refractivity contribution in [1.29, 1.82) is 0 Å². The number of aromatic nitrogens is 3. The van der Waals surface area contributed by atoms with Gasteiger partial charge >= 0.3 is 0 Å². The maximum absolute atomic E-state index is 4.25. The van der Waals surface area contributed by atoms with Crippen LogP contribution in [0.4, 0.5) is 5.95 Å². The van der Waals surface area contributed by atoms with Gasteiger partial charge in [0.25, 0.3) is 0 Å². The number of pyridine rings is 1. The molecule has 0 bridgehead atoms. The van der Waals surface area contributed by atoms with Crippen LogP contribution in [0.15, 0.2) is 49.1 Å². The monoisotopic (exact) mass is 224 g/mol. The highest BCUT2D eigenvalue weighted by Crippen LogP contribution is 2.23. The van der Waals surface area contributed by atoms with E-state index in [2.05, 4.69) is 27.4 Å². The SMILES string of the molecule is CNc1nccn1-c1cccc2cnccc12. The molecule has 0 saturated carbocycles. The van der Waals surface area contributed by atoms with E-state index < -0.39 is 0 Å². The van der Waals surface area contributed by atoms with E-state index in [1.165, 1.54) is 0 Å². The van der Waals surface area contributed by atoms with E-state index in [4.69, 9.17) is 0 Å². The smallest absolute Gasteiger partial charge is 0.207 e. The van der Waals surface area contributed by atoms with Crippen molar-refractivity contribution >= 4 is 16.7 Å². The minimum absolute atomic E-state index is 0.828. The molecule has 3 aromatic rings. The van der Waals surface area contributed by atoms with Crippen LogP contribution < -0.4 is 5.32 Å². The van der Waals surface area contributed by atoms with Crippen LogP contribution in [0.1, 0.15) is 0 Å². The van der Waals surface area contributed by atoms with Crippen LogP contribution in [0.2, 0.25) is 0 Å². The largest absolute Gasteiger partial charge is 0.358 e. The zero-order chi connectivity index (χ0) is 11.7. The van der Waals surface area contributed by atoms with E-state index in [0.717, 1.165) is 22.4 Å².